The molecule has 0 aliphatic heterocycles. The standard InChI is InChI=1S/C25H26N4O2/c1-24(2,3)17-9-10-18-19(11-17)21(15-5-7-16(8-6-15)23(30)31-4)25(13-27,14-28)22(29)20(18)12-26/h5-8,10,17,19,21H,9,11,29H2,1-4H3/t17-,19-,21-/m0/s1. The highest BCUT2D eigenvalue weighted by molar-refractivity contribution is 5.89. The number of benzene rings is 1. The van der Waals surface area contributed by atoms with Crippen LogP contribution in [0, 0.1) is 56.7 Å². The Kier molecular flexibility index (Phi) is 5.66. The lowest BCUT2D eigenvalue weighted by Gasteiger charge is -2.47. The molecule has 0 heterocycles. The number of carbonyl (C=O) groups is 1. The molecule has 2 aliphatic rings. The largest absolute Gasteiger partial charge is 0.465 e. The minimum Gasteiger partial charge on any atom is -0.465 e. The molecule has 0 saturated heterocycles. The van der Waals surface area contributed by atoms with Gasteiger partial charge in [0.05, 0.1) is 36.1 Å². The molecule has 0 unspecified atom stereocenters. The topological polar surface area (TPSA) is 124 Å². The Hall–Kier alpha value is -3.56. The van der Waals surface area contributed by atoms with Crippen LogP contribution in [0.4, 0.5) is 0 Å². The Morgan fingerprint density at radius 2 is 1.77 bits per heavy atom. The summed E-state index contributed by atoms with van der Waals surface area (Å²) in [6.07, 6.45) is 3.61. The second-order valence-electron chi connectivity index (χ2n) is 9.32. The lowest BCUT2D eigenvalue weighted by molar-refractivity contribution is 0.0600. The molecule has 0 fully saturated rings. The number of methoxy groups -OCH3 is 1. The number of hydrogen-bond acceptors (Lipinski definition) is 6. The number of nitriles is 3. The van der Waals surface area contributed by atoms with Crippen molar-refractivity contribution in [2.24, 2.45) is 28.4 Å². The first-order chi connectivity index (χ1) is 14.6. The monoisotopic (exact) mass is 414 g/mol. The minimum atomic E-state index is -1.67. The van der Waals surface area contributed by atoms with Crippen molar-refractivity contribution in [3.05, 3.63) is 58.3 Å². The predicted molar refractivity (Wildman–Crippen MR) is 115 cm³/mol. The van der Waals surface area contributed by atoms with E-state index in [9.17, 15) is 20.6 Å². The maximum atomic E-state index is 11.9. The van der Waals surface area contributed by atoms with Gasteiger partial charge in [-0.3, -0.25) is 0 Å². The van der Waals surface area contributed by atoms with Crippen molar-refractivity contribution in [2.45, 2.75) is 39.5 Å². The number of allylic oxidation sites excluding steroid dienone is 4. The SMILES string of the molecule is COC(=O)c1ccc([C@H]2[C@H]3C[C@@H](C(C)(C)C)CC=C3C(C#N)=C(N)C2(C#N)C#N)cc1. The Morgan fingerprint density at radius 3 is 2.26 bits per heavy atom. The zero-order valence-electron chi connectivity index (χ0n) is 18.3. The zero-order chi connectivity index (χ0) is 23.0. The van der Waals surface area contributed by atoms with Crippen molar-refractivity contribution in [1.29, 1.82) is 15.8 Å². The first kappa shape index (κ1) is 22.1. The summed E-state index contributed by atoms with van der Waals surface area (Å²) in [5.41, 5.74) is 6.91. The quantitative estimate of drug-likeness (QED) is 0.718. The van der Waals surface area contributed by atoms with Crippen LogP contribution in [-0.2, 0) is 4.74 Å². The third-order valence-corrected chi connectivity index (χ3v) is 6.79. The second-order valence-corrected chi connectivity index (χ2v) is 9.32. The molecule has 2 aliphatic carbocycles. The first-order valence-electron chi connectivity index (χ1n) is 10.3. The van der Waals surface area contributed by atoms with Crippen molar-refractivity contribution >= 4 is 5.97 Å². The average Bonchev–Trinajstić information content (AvgIpc) is 2.77. The fourth-order valence-electron chi connectivity index (χ4n) is 4.92. The van der Waals surface area contributed by atoms with Crippen molar-refractivity contribution in [3.63, 3.8) is 0 Å². The summed E-state index contributed by atoms with van der Waals surface area (Å²) >= 11 is 0. The maximum Gasteiger partial charge on any atom is 0.337 e. The summed E-state index contributed by atoms with van der Waals surface area (Å²) in [4.78, 5) is 11.9. The highest BCUT2D eigenvalue weighted by Gasteiger charge is 2.55. The van der Waals surface area contributed by atoms with Crippen molar-refractivity contribution in [1.82, 2.24) is 0 Å². The Balaban J connectivity index is 2.24. The Labute approximate surface area is 183 Å². The van der Waals surface area contributed by atoms with Gasteiger partial charge in [-0.1, -0.05) is 39.0 Å². The number of ether oxygens (including phenoxy) is 1. The summed E-state index contributed by atoms with van der Waals surface area (Å²) in [6.45, 7) is 6.53. The number of fused-ring (bicyclic) bond motifs is 1. The smallest absolute Gasteiger partial charge is 0.337 e. The molecule has 1 aromatic carbocycles. The third-order valence-electron chi connectivity index (χ3n) is 6.79. The van der Waals surface area contributed by atoms with Crippen LogP contribution in [-0.4, -0.2) is 13.1 Å². The summed E-state index contributed by atoms with van der Waals surface area (Å²) < 4.78 is 4.77. The van der Waals surface area contributed by atoms with Crippen LogP contribution in [0.1, 0.15) is 55.5 Å². The summed E-state index contributed by atoms with van der Waals surface area (Å²) in [5, 5.41) is 30.2. The van der Waals surface area contributed by atoms with E-state index in [1.165, 1.54) is 7.11 Å². The van der Waals surface area contributed by atoms with E-state index in [0.29, 0.717) is 11.5 Å². The van der Waals surface area contributed by atoms with Crippen molar-refractivity contribution < 1.29 is 9.53 Å². The number of esters is 1. The number of rotatable bonds is 2. The molecule has 3 rings (SSSR count). The second kappa shape index (κ2) is 7.93. The van der Waals surface area contributed by atoms with Gasteiger partial charge in [0.1, 0.15) is 6.07 Å². The molecule has 158 valence electrons. The summed E-state index contributed by atoms with van der Waals surface area (Å²) in [7, 11) is 1.31. The number of carbonyl (C=O) groups excluding carboxylic acids is 1. The Bertz CT molecular complexity index is 1070. The van der Waals surface area contributed by atoms with E-state index in [1.54, 1.807) is 24.3 Å². The molecule has 3 atom stereocenters. The van der Waals surface area contributed by atoms with Gasteiger partial charge in [-0.05, 0) is 53.4 Å². The molecule has 2 N–H and O–H groups in total. The van der Waals surface area contributed by atoms with Gasteiger partial charge in [-0.25, -0.2) is 4.79 Å². The van der Waals surface area contributed by atoms with Crippen LogP contribution in [0.3, 0.4) is 0 Å². The van der Waals surface area contributed by atoms with E-state index in [1.807, 2.05) is 0 Å². The van der Waals surface area contributed by atoms with Crippen LogP contribution in [0.25, 0.3) is 0 Å². The van der Waals surface area contributed by atoms with Gasteiger partial charge >= 0.3 is 5.97 Å². The van der Waals surface area contributed by atoms with E-state index in [2.05, 4.69) is 45.1 Å². The zero-order valence-corrected chi connectivity index (χ0v) is 18.3. The highest BCUT2D eigenvalue weighted by atomic mass is 16.5. The molecule has 0 spiro atoms. The maximum absolute atomic E-state index is 11.9. The number of nitrogens with two attached hydrogens (primary N) is 1. The summed E-state index contributed by atoms with van der Waals surface area (Å²) in [6, 6.07) is 13.2. The summed E-state index contributed by atoms with van der Waals surface area (Å²) in [5.74, 6) is -0.891. The molecule has 6 heteroatoms. The molecular weight excluding hydrogens is 388 g/mol. The van der Waals surface area contributed by atoms with Gasteiger partial charge in [-0.15, -0.1) is 0 Å². The highest BCUT2D eigenvalue weighted by Crippen LogP contribution is 2.57. The van der Waals surface area contributed by atoms with Crippen LogP contribution in [0.2, 0.25) is 0 Å². The van der Waals surface area contributed by atoms with E-state index < -0.39 is 17.3 Å². The lowest BCUT2D eigenvalue weighted by Crippen LogP contribution is -2.44. The van der Waals surface area contributed by atoms with Crippen molar-refractivity contribution in [2.75, 3.05) is 7.11 Å². The van der Waals surface area contributed by atoms with E-state index in [-0.39, 0.29) is 22.6 Å². The van der Waals surface area contributed by atoms with Gasteiger partial charge in [0, 0.05) is 5.92 Å². The van der Waals surface area contributed by atoms with E-state index >= 15 is 0 Å². The normalized spacial score (nSPS) is 24.7. The molecule has 0 saturated carbocycles. The Morgan fingerprint density at radius 1 is 1.16 bits per heavy atom. The number of nitrogens with zero attached hydrogens (tertiary/aromatic N) is 3. The predicted octanol–water partition coefficient (Wildman–Crippen LogP) is 4.34. The van der Waals surface area contributed by atoms with Gasteiger partial charge in [0.15, 0.2) is 5.41 Å². The molecule has 6 nitrogen and oxygen atoms in total. The molecule has 31 heavy (non-hydrogen) atoms. The van der Waals surface area contributed by atoms with Gasteiger partial charge in [-0.2, -0.15) is 15.8 Å². The minimum absolute atomic E-state index is 0.0127. The van der Waals surface area contributed by atoms with Crippen molar-refractivity contribution in [3.8, 4) is 18.2 Å². The molecule has 0 aromatic heterocycles. The van der Waals surface area contributed by atoms with E-state index in [0.717, 1.165) is 24.0 Å². The molecule has 0 bridgehead atoms. The van der Waals surface area contributed by atoms with Gasteiger partial charge < -0.3 is 10.5 Å². The van der Waals surface area contributed by atoms with E-state index in [4.69, 9.17) is 10.5 Å². The third kappa shape index (κ3) is 3.47. The van der Waals surface area contributed by atoms with Crippen LogP contribution >= 0.6 is 0 Å². The average molecular weight is 415 g/mol. The molecule has 1 aromatic rings. The fraction of sp³-hybridized carbons (Fsp3) is 0.440. The van der Waals surface area contributed by atoms with Crippen LogP contribution < -0.4 is 5.73 Å². The van der Waals surface area contributed by atoms with Gasteiger partial charge in [0.25, 0.3) is 0 Å². The first-order valence-corrected chi connectivity index (χ1v) is 10.3. The van der Waals surface area contributed by atoms with Crippen LogP contribution in [0.5, 0.6) is 0 Å². The number of hydrogen-bond donors (Lipinski definition) is 1. The lowest BCUT2D eigenvalue weighted by atomic mass is 9.54. The van der Waals surface area contributed by atoms with Crippen LogP contribution in [0.15, 0.2) is 47.2 Å². The molecule has 0 radical (unpaired) electrons. The fourth-order valence-corrected chi connectivity index (χ4v) is 4.92. The molecular formula is C25H26N4O2. The van der Waals surface area contributed by atoms with Gasteiger partial charge in [0.2, 0.25) is 0 Å². The molecule has 0 amide bonds.